The molecule has 15 heavy (non-hydrogen) atoms. The minimum atomic E-state index is -0.874. The Balaban J connectivity index is 2.72. The maximum absolute atomic E-state index is 10.9. The van der Waals surface area contributed by atoms with E-state index in [1.165, 1.54) is 16.9 Å². The highest BCUT2D eigenvalue weighted by molar-refractivity contribution is 9.10. The fraction of sp³-hybridized carbons (Fsp3) is 0.182. The summed E-state index contributed by atoms with van der Waals surface area (Å²) in [6.07, 6.45) is 0.959. The summed E-state index contributed by atoms with van der Waals surface area (Å²) in [5.74, 6) is -0.874. The van der Waals surface area contributed by atoms with Crippen LogP contribution in [0.25, 0.3) is 10.1 Å². The molecule has 0 atom stereocenters. The highest BCUT2D eigenvalue weighted by Gasteiger charge is 2.15. The molecule has 78 valence electrons. The number of rotatable bonds is 2. The van der Waals surface area contributed by atoms with Crippen LogP contribution in [0.15, 0.2) is 22.7 Å². The van der Waals surface area contributed by atoms with Gasteiger partial charge in [0.05, 0.1) is 4.47 Å². The molecule has 0 saturated heterocycles. The van der Waals surface area contributed by atoms with Gasteiger partial charge in [-0.15, -0.1) is 11.3 Å². The Kier molecular flexibility index (Phi) is 2.80. The Labute approximate surface area is 99.7 Å². The van der Waals surface area contributed by atoms with Gasteiger partial charge in [0.15, 0.2) is 0 Å². The van der Waals surface area contributed by atoms with Gasteiger partial charge in [0.25, 0.3) is 0 Å². The van der Waals surface area contributed by atoms with Crippen molar-refractivity contribution in [3.8, 4) is 0 Å². The molecule has 2 rings (SSSR count). The lowest BCUT2D eigenvalue weighted by molar-refractivity contribution is 0.0701. The third-order valence-electron chi connectivity index (χ3n) is 2.29. The van der Waals surface area contributed by atoms with Gasteiger partial charge in [-0.05, 0) is 40.0 Å². The maximum Gasteiger partial charge on any atom is 0.347 e. The first-order valence-corrected chi connectivity index (χ1v) is 6.18. The summed E-state index contributed by atoms with van der Waals surface area (Å²) in [6.45, 7) is 2.08. The lowest BCUT2D eigenvalue weighted by atomic mass is 10.1. The molecule has 1 aromatic carbocycles. The Morgan fingerprint density at radius 2 is 2.27 bits per heavy atom. The van der Waals surface area contributed by atoms with Crippen LogP contribution in [0.5, 0.6) is 0 Å². The SMILES string of the molecule is CCc1ccc2sc(C(=O)O)c(Br)c2c1. The zero-order valence-electron chi connectivity index (χ0n) is 8.08. The highest BCUT2D eigenvalue weighted by Crippen LogP contribution is 2.36. The predicted octanol–water partition coefficient (Wildman–Crippen LogP) is 3.92. The van der Waals surface area contributed by atoms with Crippen molar-refractivity contribution in [2.24, 2.45) is 0 Å². The van der Waals surface area contributed by atoms with Crippen molar-refractivity contribution in [3.63, 3.8) is 0 Å². The van der Waals surface area contributed by atoms with Crippen LogP contribution >= 0.6 is 27.3 Å². The van der Waals surface area contributed by atoms with E-state index in [9.17, 15) is 4.79 Å². The van der Waals surface area contributed by atoms with Crippen LogP contribution in [0.3, 0.4) is 0 Å². The summed E-state index contributed by atoms with van der Waals surface area (Å²) in [5.41, 5.74) is 1.22. The number of hydrogen-bond acceptors (Lipinski definition) is 2. The number of carboxylic acid groups (broad SMARTS) is 1. The molecule has 0 aliphatic heterocycles. The lowest BCUT2D eigenvalue weighted by Gasteiger charge is -1.96. The van der Waals surface area contributed by atoms with Gasteiger partial charge < -0.3 is 5.11 Å². The second-order valence-electron chi connectivity index (χ2n) is 3.23. The molecular weight excluding hydrogens is 276 g/mol. The summed E-state index contributed by atoms with van der Waals surface area (Å²) in [5, 5.41) is 9.97. The molecule has 0 radical (unpaired) electrons. The van der Waals surface area contributed by atoms with Crippen LogP contribution in [0.4, 0.5) is 0 Å². The molecular formula is C11H9BrO2S. The van der Waals surface area contributed by atoms with E-state index < -0.39 is 5.97 Å². The average Bonchev–Trinajstić information content (AvgIpc) is 2.56. The van der Waals surface area contributed by atoms with Crippen molar-refractivity contribution in [3.05, 3.63) is 33.1 Å². The number of carboxylic acids is 1. The number of hydrogen-bond donors (Lipinski definition) is 1. The standard InChI is InChI=1S/C11H9BrO2S/c1-2-6-3-4-8-7(5-6)9(12)10(15-8)11(13)14/h3-5H,2H2,1H3,(H,13,14). The topological polar surface area (TPSA) is 37.3 Å². The highest BCUT2D eigenvalue weighted by atomic mass is 79.9. The third-order valence-corrected chi connectivity index (χ3v) is 4.54. The fourth-order valence-electron chi connectivity index (χ4n) is 1.47. The Bertz CT molecular complexity index is 531. The quantitative estimate of drug-likeness (QED) is 0.907. The molecule has 4 heteroatoms. The number of fused-ring (bicyclic) bond motifs is 1. The Morgan fingerprint density at radius 3 is 2.87 bits per heavy atom. The maximum atomic E-state index is 10.9. The van der Waals surface area contributed by atoms with E-state index in [-0.39, 0.29) is 0 Å². The fourth-order valence-corrected chi connectivity index (χ4v) is 3.26. The van der Waals surface area contributed by atoms with Crippen molar-refractivity contribution >= 4 is 43.3 Å². The smallest absolute Gasteiger partial charge is 0.347 e. The molecule has 0 unspecified atom stereocenters. The molecule has 0 saturated carbocycles. The van der Waals surface area contributed by atoms with Crippen LogP contribution in [0, 0.1) is 0 Å². The van der Waals surface area contributed by atoms with Crippen LogP contribution in [-0.4, -0.2) is 11.1 Å². The summed E-state index contributed by atoms with van der Waals surface area (Å²) < 4.78 is 1.71. The third kappa shape index (κ3) is 1.79. The summed E-state index contributed by atoms with van der Waals surface area (Å²) in [7, 11) is 0. The van der Waals surface area contributed by atoms with Gasteiger partial charge in [-0.2, -0.15) is 0 Å². The number of aryl methyl sites for hydroxylation is 1. The Morgan fingerprint density at radius 1 is 1.53 bits per heavy atom. The second kappa shape index (κ2) is 3.94. The van der Waals surface area contributed by atoms with Crippen LogP contribution < -0.4 is 0 Å². The van der Waals surface area contributed by atoms with Gasteiger partial charge >= 0.3 is 5.97 Å². The normalized spacial score (nSPS) is 10.8. The molecule has 2 aromatic rings. The molecule has 2 nitrogen and oxygen atoms in total. The molecule has 0 amide bonds. The molecule has 0 spiro atoms. The van der Waals surface area contributed by atoms with Crippen LogP contribution in [0.1, 0.15) is 22.2 Å². The van der Waals surface area contributed by atoms with E-state index in [0.29, 0.717) is 9.35 Å². The number of benzene rings is 1. The lowest BCUT2D eigenvalue weighted by Crippen LogP contribution is -1.91. The van der Waals surface area contributed by atoms with Crippen molar-refractivity contribution in [1.82, 2.24) is 0 Å². The van der Waals surface area contributed by atoms with Gasteiger partial charge in [0, 0.05) is 10.1 Å². The minimum absolute atomic E-state index is 0.373. The summed E-state index contributed by atoms with van der Waals surface area (Å²) >= 11 is 4.65. The first-order chi connectivity index (χ1) is 7.13. The van der Waals surface area contributed by atoms with E-state index in [4.69, 9.17) is 5.11 Å². The summed E-state index contributed by atoms with van der Waals surface area (Å²) in [4.78, 5) is 11.3. The number of thiophene rings is 1. The van der Waals surface area contributed by atoms with E-state index in [1.54, 1.807) is 0 Å². The zero-order chi connectivity index (χ0) is 11.0. The van der Waals surface area contributed by atoms with Crippen LogP contribution in [0.2, 0.25) is 0 Å². The van der Waals surface area contributed by atoms with Gasteiger partial charge in [-0.1, -0.05) is 13.0 Å². The first-order valence-electron chi connectivity index (χ1n) is 4.57. The molecule has 0 fully saturated rings. The zero-order valence-corrected chi connectivity index (χ0v) is 10.5. The molecule has 0 aliphatic carbocycles. The molecule has 0 aliphatic rings. The number of carbonyl (C=O) groups is 1. The predicted molar refractivity (Wildman–Crippen MR) is 65.9 cm³/mol. The number of halogens is 1. The van der Waals surface area contributed by atoms with Gasteiger partial charge in [-0.25, -0.2) is 4.79 Å². The number of aromatic carboxylic acids is 1. The molecule has 0 bridgehead atoms. The monoisotopic (exact) mass is 284 g/mol. The van der Waals surface area contributed by atoms with Gasteiger partial charge in [0.1, 0.15) is 4.88 Å². The van der Waals surface area contributed by atoms with Gasteiger partial charge in [0.2, 0.25) is 0 Å². The van der Waals surface area contributed by atoms with E-state index in [1.807, 2.05) is 18.2 Å². The largest absolute Gasteiger partial charge is 0.477 e. The van der Waals surface area contributed by atoms with Crippen molar-refractivity contribution < 1.29 is 9.90 Å². The van der Waals surface area contributed by atoms with Gasteiger partial charge in [-0.3, -0.25) is 0 Å². The average molecular weight is 285 g/mol. The molecule has 1 aromatic heterocycles. The van der Waals surface area contributed by atoms with E-state index >= 15 is 0 Å². The first kappa shape index (κ1) is 10.6. The van der Waals surface area contributed by atoms with E-state index in [2.05, 4.69) is 22.9 Å². The van der Waals surface area contributed by atoms with Crippen molar-refractivity contribution in [2.45, 2.75) is 13.3 Å². The van der Waals surface area contributed by atoms with Crippen molar-refractivity contribution in [2.75, 3.05) is 0 Å². The van der Waals surface area contributed by atoms with E-state index in [0.717, 1.165) is 16.5 Å². The Hall–Kier alpha value is -0.870. The summed E-state index contributed by atoms with van der Waals surface area (Å²) in [6, 6.07) is 6.06. The molecule has 1 heterocycles. The van der Waals surface area contributed by atoms with Crippen LogP contribution in [-0.2, 0) is 6.42 Å². The molecule has 1 N–H and O–H groups in total. The second-order valence-corrected chi connectivity index (χ2v) is 5.08. The van der Waals surface area contributed by atoms with Crippen molar-refractivity contribution in [1.29, 1.82) is 0 Å². The minimum Gasteiger partial charge on any atom is -0.477 e.